The maximum Gasteiger partial charge on any atom is 0.337 e. The van der Waals surface area contributed by atoms with E-state index in [9.17, 15) is 9.59 Å². The molecule has 0 fully saturated rings. The fourth-order valence-electron chi connectivity index (χ4n) is 2.09. The smallest absolute Gasteiger partial charge is 0.337 e. The molecular formula is C17H19NO4S. The van der Waals surface area contributed by atoms with E-state index in [2.05, 4.69) is 10.1 Å². The van der Waals surface area contributed by atoms with E-state index >= 15 is 0 Å². The first-order chi connectivity index (χ1) is 11.0. The Morgan fingerprint density at radius 3 is 2.26 bits per heavy atom. The van der Waals surface area contributed by atoms with Gasteiger partial charge in [0.15, 0.2) is 0 Å². The lowest BCUT2D eigenvalue weighted by molar-refractivity contribution is 0.0600. The van der Waals surface area contributed by atoms with E-state index < -0.39 is 5.97 Å². The molecule has 1 heterocycles. The Balaban J connectivity index is 1.97. The van der Waals surface area contributed by atoms with E-state index in [1.165, 1.54) is 12.0 Å². The van der Waals surface area contributed by atoms with Crippen molar-refractivity contribution in [3.05, 3.63) is 57.3 Å². The minimum Gasteiger partial charge on any atom is -0.465 e. The Kier molecular flexibility index (Phi) is 5.90. The van der Waals surface area contributed by atoms with Crippen LogP contribution in [0.2, 0.25) is 0 Å². The molecule has 23 heavy (non-hydrogen) atoms. The second-order valence-corrected chi connectivity index (χ2v) is 6.27. The highest BCUT2D eigenvalue weighted by molar-refractivity contribution is 7.12. The molecule has 1 atom stereocenters. The predicted molar refractivity (Wildman–Crippen MR) is 88.9 cm³/mol. The van der Waals surface area contributed by atoms with Crippen molar-refractivity contribution in [1.29, 1.82) is 0 Å². The maximum atomic E-state index is 12.2. The van der Waals surface area contributed by atoms with Crippen molar-refractivity contribution in [3.8, 4) is 0 Å². The minimum atomic E-state index is -0.426. The molecule has 0 bridgehead atoms. The molecule has 0 radical (unpaired) electrons. The lowest BCUT2D eigenvalue weighted by atomic mass is 10.1. The Hall–Kier alpha value is -2.18. The average molecular weight is 333 g/mol. The molecule has 2 aromatic rings. The van der Waals surface area contributed by atoms with E-state index in [1.807, 2.05) is 19.1 Å². The Morgan fingerprint density at radius 2 is 1.74 bits per heavy atom. The van der Waals surface area contributed by atoms with Crippen LogP contribution in [-0.2, 0) is 9.47 Å². The second-order valence-electron chi connectivity index (χ2n) is 4.95. The summed E-state index contributed by atoms with van der Waals surface area (Å²) in [7, 11) is 2.94. The third-order valence-electron chi connectivity index (χ3n) is 3.38. The number of carbonyl (C=O) groups is 2. The van der Waals surface area contributed by atoms with E-state index in [0.717, 1.165) is 4.88 Å². The number of ether oxygens (including phenoxy) is 2. The lowest BCUT2D eigenvalue weighted by Gasteiger charge is -2.14. The summed E-state index contributed by atoms with van der Waals surface area (Å²) in [5, 5.41) is 2.85. The normalized spacial score (nSPS) is 11.8. The zero-order valence-electron chi connectivity index (χ0n) is 13.3. The number of amides is 1. The zero-order valence-corrected chi connectivity index (χ0v) is 14.1. The van der Waals surface area contributed by atoms with Crippen molar-refractivity contribution in [1.82, 2.24) is 5.32 Å². The standard InChI is InChI=1S/C17H19NO4S/c1-11-4-9-15(23-11)14(21-2)10-18-16(19)12-5-7-13(8-6-12)17(20)22-3/h4-9,14H,10H2,1-3H3,(H,18,19)/t14-/m1/s1. The first-order valence-corrected chi connectivity index (χ1v) is 7.92. The minimum absolute atomic E-state index is 0.174. The van der Waals surface area contributed by atoms with Crippen LogP contribution < -0.4 is 5.32 Å². The molecule has 0 saturated heterocycles. The molecule has 0 spiro atoms. The van der Waals surface area contributed by atoms with E-state index in [-0.39, 0.29) is 12.0 Å². The summed E-state index contributed by atoms with van der Waals surface area (Å²) in [5.41, 5.74) is 0.891. The van der Waals surface area contributed by atoms with Gasteiger partial charge in [-0.25, -0.2) is 4.79 Å². The highest BCUT2D eigenvalue weighted by Crippen LogP contribution is 2.24. The molecule has 122 valence electrons. The number of benzene rings is 1. The molecule has 1 amide bonds. The summed E-state index contributed by atoms with van der Waals surface area (Å²) in [5.74, 6) is -0.638. The van der Waals surface area contributed by atoms with Gasteiger partial charge in [-0.15, -0.1) is 11.3 Å². The van der Waals surface area contributed by atoms with Gasteiger partial charge in [0.2, 0.25) is 0 Å². The number of hydrogen-bond acceptors (Lipinski definition) is 5. The zero-order chi connectivity index (χ0) is 16.8. The van der Waals surface area contributed by atoms with Gasteiger partial charge in [-0.1, -0.05) is 0 Å². The molecule has 5 nitrogen and oxygen atoms in total. The third kappa shape index (κ3) is 4.40. The van der Waals surface area contributed by atoms with Crippen LogP contribution in [0.5, 0.6) is 0 Å². The molecular weight excluding hydrogens is 314 g/mol. The highest BCUT2D eigenvalue weighted by atomic mass is 32.1. The SMILES string of the molecule is COC(=O)c1ccc(C(=O)NC[C@@H](OC)c2ccc(C)s2)cc1. The van der Waals surface area contributed by atoms with Crippen LogP contribution in [-0.4, -0.2) is 32.6 Å². The van der Waals surface area contributed by atoms with Crippen LogP contribution in [0.4, 0.5) is 0 Å². The maximum absolute atomic E-state index is 12.2. The Bertz CT molecular complexity index is 678. The topological polar surface area (TPSA) is 64.6 Å². The molecule has 1 aromatic carbocycles. The summed E-state index contributed by atoms with van der Waals surface area (Å²) < 4.78 is 10.1. The summed E-state index contributed by atoms with van der Waals surface area (Å²) >= 11 is 1.65. The number of aryl methyl sites for hydroxylation is 1. The number of hydrogen-bond donors (Lipinski definition) is 1. The fraction of sp³-hybridized carbons (Fsp3) is 0.294. The van der Waals surface area contributed by atoms with Crippen molar-refractivity contribution < 1.29 is 19.1 Å². The number of methoxy groups -OCH3 is 2. The molecule has 0 unspecified atom stereocenters. The number of carbonyl (C=O) groups excluding carboxylic acids is 2. The summed E-state index contributed by atoms with van der Waals surface area (Å²) in [6, 6.07) is 10.4. The van der Waals surface area contributed by atoms with Gasteiger partial charge in [-0.2, -0.15) is 0 Å². The van der Waals surface area contributed by atoms with Gasteiger partial charge in [0.25, 0.3) is 5.91 Å². The van der Waals surface area contributed by atoms with Crippen molar-refractivity contribution in [2.45, 2.75) is 13.0 Å². The second kappa shape index (κ2) is 7.89. The molecule has 2 rings (SSSR count). The van der Waals surface area contributed by atoms with Crippen LogP contribution in [0.3, 0.4) is 0 Å². The molecule has 0 aliphatic carbocycles. The Labute approximate surface area is 139 Å². The quantitative estimate of drug-likeness (QED) is 0.826. The van der Waals surface area contributed by atoms with Gasteiger partial charge in [0, 0.05) is 29.0 Å². The monoisotopic (exact) mass is 333 g/mol. The van der Waals surface area contributed by atoms with Crippen LogP contribution in [0.15, 0.2) is 36.4 Å². The molecule has 0 saturated carbocycles. The van der Waals surface area contributed by atoms with Gasteiger partial charge in [-0.05, 0) is 43.3 Å². The van der Waals surface area contributed by atoms with Gasteiger partial charge in [0.05, 0.1) is 12.7 Å². The average Bonchev–Trinajstić information content (AvgIpc) is 3.01. The Morgan fingerprint density at radius 1 is 1.09 bits per heavy atom. The summed E-state index contributed by atoms with van der Waals surface area (Å²) in [6.45, 7) is 2.41. The van der Waals surface area contributed by atoms with Gasteiger partial charge < -0.3 is 14.8 Å². The van der Waals surface area contributed by atoms with Gasteiger partial charge >= 0.3 is 5.97 Å². The van der Waals surface area contributed by atoms with E-state index in [1.54, 1.807) is 42.7 Å². The molecule has 1 aromatic heterocycles. The third-order valence-corrected chi connectivity index (χ3v) is 4.47. The molecule has 1 N–H and O–H groups in total. The van der Waals surface area contributed by atoms with Crippen LogP contribution in [0, 0.1) is 6.92 Å². The lowest BCUT2D eigenvalue weighted by Crippen LogP contribution is -2.28. The van der Waals surface area contributed by atoms with Crippen molar-refractivity contribution in [2.24, 2.45) is 0 Å². The van der Waals surface area contributed by atoms with Crippen molar-refractivity contribution in [3.63, 3.8) is 0 Å². The number of nitrogens with one attached hydrogen (secondary N) is 1. The van der Waals surface area contributed by atoms with E-state index in [4.69, 9.17) is 4.74 Å². The number of thiophene rings is 1. The molecule has 6 heteroatoms. The number of esters is 1. The predicted octanol–water partition coefficient (Wildman–Crippen LogP) is 2.96. The van der Waals surface area contributed by atoms with Crippen LogP contribution in [0.1, 0.15) is 36.6 Å². The van der Waals surface area contributed by atoms with Crippen molar-refractivity contribution >= 4 is 23.2 Å². The first-order valence-electron chi connectivity index (χ1n) is 7.11. The van der Waals surface area contributed by atoms with Crippen LogP contribution >= 0.6 is 11.3 Å². The van der Waals surface area contributed by atoms with Gasteiger partial charge in [-0.3, -0.25) is 4.79 Å². The molecule has 0 aliphatic heterocycles. The van der Waals surface area contributed by atoms with Gasteiger partial charge in [0.1, 0.15) is 6.10 Å². The fourth-order valence-corrected chi connectivity index (χ4v) is 3.04. The number of rotatable bonds is 6. The molecule has 0 aliphatic rings. The van der Waals surface area contributed by atoms with E-state index in [0.29, 0.717) is 17.7 Å². The first kappa shape index (κ1) is 17.2. The highest BCUT2D eigenvalue weighted by Gasteiger charge is 2.15. The van der Waals surface area contributed by atoms with Crippen molar-refractivity contribution in [2.75, 3.05) is 20.8 Å². The summed E-state index contributed by atoms with van der Waals surface area (Å²) in [6.07, 6.45) is -0.174. The largest absolute Gasteiger partial charge is 0.465 e. The van der Waals surface area contributed by atoms with Crippen LogP contribution in [0.25, 0.3) is 0 Å². The summed E-state index contributed by atoms with van der Waals surface area (Å²) in [4.78, 5) is 25.8.